The Labute approximate surface area is 124 Å². The summed E-state index contributed by atoms with van der Waals surface area (Å²) < 4.78 is 49.8. The Kier molecular flexibility index (Phi) is 5.29. The number of hydrogen-bond acceptors (Lipinski definition) is 4. The third-order valence-electron chi connectivity index (χ3n) is 3.88. The maximum Gasteiger partial charge on any atom is 0.163 e. The summed E-state index contributed by atoms with van der Waals surface area (Å²) in [5, 5.41) is 2.99. The molecule has 4 nitrogen and oxygen atoms in total. The van der Waals surface area contributed by atoms with Crippen LogP contribution in [0.2, 0.25) is 0 Å². The van der Waals surface area contributed by atoms with Crippen LogP contribution in [-0.4, -0.2) is 51.5 Å². The van der Waals surface area contributed by atoms with Crippen molar-refractivity contribution in [2.75, 3.05) is 38.2 Å². The lowest BCUT2D eigenvalue weighted by Crippen LogP contribution is -2.41. The number of hydrogen-bond donors (Lipinski definition) is 1. The summed E-state index contributed by atoms with van der Waals surface area (Å²) in [6.45, 7) is 1.66. The van der Waals surface area contributed by atoms with Crippen LogP contribution in [0.4, 0.5) is 8.78 Å². The smallest absolute Gasteiger partial charge is 0.163 e. The highest BCUT2D eigenvalue weighted by Crippen LogP contribution is 2.22. The third kappa shape index (κ3) is 4.21. The van der Waals surface area contributed by atoms with Gasteiger partial charge in [-0.05, 0) is 19.5 Å². The van der Waals surface area contributed by atoms with E-state index in [4.69, 9.17) is 0 Å². The third-order valence-corrected chi connectivity index (χ3v) is 5.49. The van der Waals surface area contributed by atoms with E-state index in [0.29, 0.717) is 31.6 Å². The Morgan fingerprint density at radius 3 is 2.57 bits per heavy atom. The molecule has 1 atom stereocenters. The number of benzene rings is 1. The topological polar surface area (TPSA) is 49.4 Å². The molecule has 21 heavy (non-hydrogen) atoms. The molecule has 1 heterocycles. The SMILES string of the molecule is CNC(CCN1CCS(=O)(=O)CC1)c1cccc(F)c1F. The molecule has 2 rings (SSSR count). The van der Waals surface area contributed by atoms with Crippen molar-refractivity contribution in [1.82, 2.24) is 10.2 Å². The van der Waals surface area contributed by atoms with Crippen LogP contribution in [0.5, 0.6) is 0 Å². The number of nitrogens with one attached hydrogen (secondary N) is 1. The van der Waals surface area contributed by atoms with Crippen molar-refractivity contribution in [1.29, 1.82) is 0 Å². The fraction of sp³-hybridized carbons (Fsp3) is 0.571. The molecule has 118 valence electrons. The quantitative estimate of drug-likeness (QED) is 0.890. The fourth-order valence-electron chi connectivity index (χ4n) is 2.53. The Hall–Kier alpha value is -1.05. The van der Waals surface area contributed by atoms with Crippen LogP contribution in [0.3, 0.4) is 0 Å². The Balaban J connectivity index is 1.96. The van der Waals surface area contributed by atoms with Crippen LogP contribution in [0.25, 0.3) is 0 Å². The predicted molar refractivity (Wildman–Crippen MR) is 77.9 cm³/mol. The maximum atomic E-state index is 13.8. The van der Waals surface area contributed by atoms with Gasteiger partial charge in [-0.3, -0.25) is 0 Å². The summed E-state index contributed by atoms with van der Waals surface area (Å²) in [5.41, 5.74) is 0.308. The molecule has 0 aromatic heterocycles. The first-order chi connectivity index (χ1) is 9.93. The molecule has 1 fully saturated rings. The van der Waals surface area contributed by atoms with Crippen molar-refractivity contribution in [2.24, 2.45) is 0 Å². The molecule has 1 N–H and O–H groups in total. The average Bonchev–Trinajstić information content (AvgIpc) is 2.45. The molecule has 1 aliphatic rings. The van der Waals surface area contributed by atoms with Crippen molar-refractivity contribution in [3.8, 4) is 0 Å². The zero-order valence-electron chi connectivity index (χ0n) is 12.0. The van der Waals surface area contributed by atoms with Crippen molar-refractivity contribution in [3.63, 3.8) is 0 Å². The van der Waals surface area contributed by atoms with Gasteiger partial charge in [-0.15, -0.1) is 0 Å². The van der Waals surface area contributed by atoms with Gasteiger partial charge in [0.05, 0.1) is 11.5 Å². The van der Waals surface area contributed by atoms with E-state index in [0.717, 1.165) is 6.07 Å². The van der Waals surface area contributed by atoms with Gasteiger partial charge in [0.25, 0.3) is 0 Å². The standard InChI is InChI=1S/C14H20F2N2O2S/c1-17-13(11-3-2-4-12(15)14(11)16)5-6-18-7-9-21(19,20)10-8-18/h2-4,13,17H,5-10H2,1H3. The van der Waals surface area contributed by atoms with Crippen LogP contribution in [0.15, 0.2) is 18.2 Å². The summed E-state index contributed by atoms with van der Waals surface area (Å²) in [7, 11) is -1.19. The lowest BCUT2D eigenvalue weighted by molar-refractivity contribution is 0.276. The molecule has 0 amide bonds. The van der Waals surface area contributed by atoms with Crippen LogP contribution in [-0.2, 0) is 9.84 Å². The first-order valence-corrected chi connectivity index (χ1v) is 8.79. The maximum absolute atomic E-state index is 13.8. The molecular formula is C14H20F2N2O2S. The minimum Gasteiger partial charge on any atom is -0.313 e. The molecule has 1 saturated heterocycles. The molecule has 0 radical (unpaired) electrons. The Morgan fingerprint density at radius 2 is 1.95 bits per heavy atom. The molecule has 1 aliphatic heterocycles. The zero-order chi connectivity index (χ0) is 15.5. The summed E-state index contributed by atoms with van der Waals surface area (Å²) in [5.74, 6) is -1.33. The monoisotopic (exact) mass is 318 g/mol. The highest BCUT2D eigenvalue weighted by Gasteiger charge is 2.23. The molecule has 0 saturated carbocycles. The predicted octanol–water partition coefficient (Wildman–Crippen LogP) is 1.35. The first-order valence-electron chi connectivity index (χ1n) is 6.97. The van der Waals surface area contributed by atoms with Crippen LogP contribution < -0.4 is 5.32 Å². The number of nitrogens with zero attached hydrogens (tertiary/aromatic N) is 1. The van der Waals surface area contributed by atoms with Crippen LogP contribution in [0.1, 0.15) is 18.0 Å². The zero-order valence-corrected chi connectivity index (χ0v) is 12.8. The van der Waals surface area contributed by atoms with Crippen molar-refractivity contribution < 1.29 is 17.2 Å². The summed E-state index contributed by atoms with van der Waals surface area (Å²) in [6, 6.07) is 3.87. The van der Waals surface area contributed by atoms with E-state index < -0.39 is 21.5 Å². The summed E-state index contributed by atoms with van der Waals surface area (Å²) in [4.78, 5) is 2.04. The number of sulfone groups is 1. The van der Waals surface area contributed by atoms with E-state index in [9.17, 15) is 17.2 Å². The minimum atomic E-state index is -2.89. The second-order valence-corrected chi connectivity index (χ2v) is 7.57. The van der Waals surface area contributed by atoms with Gasteiger partial charge < -0.3 is 10.2 Å². The molecule has 1 aromatic rings. The summed E-state index contributed by atoms with van der Waals surface area (Å²) >= 11 is 0. The van der Waals surface area contributed by atoms with Gasteiger partial charge in [-0.2, -0.15) is 0 Å². The van der Waals surface area contributed by atoms with E-state index in [1.54, 1.807) is 13.1 Å². The van der Waals surface area contributed by atoms with E-state index >= 15 is 0 Å². The van der Waals surface area contributed by atoms with E-state index in [2.05, 4.69) is 5.32 Å². The van der Waals surface area contributed by atoms with Crippen molar-refractivity contribution in [2.45, 2.75) is 12.5 Å². The minimum absolute atomic E-state index is 0.172. The molecule has 0 bridgehead atoms. The normalized spacial score (nSPS) is 20.3. The van der Waals surface area contributed by atoms with Gasteiger partial charge in [0.1, 0.15) is 0 Å². The summed E-state index contributed by atoms with van der Waals surface area (Å²) in [6.07, 6.45) is 0.594. The highest BCUT2D eigenvalue weighted by atomic mass is 32.2. The van der Waals surface area contributed by atoms with E-state index in [1.165, 1.54) is 6.07 Å². The van der Waals surface area contributed by atoms with Gasteiger partial charge >= 0.3 is 0 Å². The number of rotatable bonds is 5. The Morgan fingerprint density at radius 1 is 1.29 bits per heavy atom. The average molecular weight is 318 g/mol. The fourth-order valence-corrected chi connectivity index (χ4v) is 3.81. The molecular weight excluding hydrogens is 298 g/mol. The van der Waals surface area contributed by atoms with Crippen molar-refractivity contribution in [3.05, 3.63) is 35.4 Å². The van der Waals surface area contributed by atoms with Gasteiger partial charge in [-0.1, -0.05) is 12.1 Å². The van der Waals surface area contributed by atoms with Gasteiger partial charge in [0.2, 0.25) is 0 Å². The second-order valence-electron chi connectivity index (χ2n) is 5.27. The van der Waals surface area contributed by atoms with E-state index in [-0.39, 0.29) is 17.5 Å². The van der Waals surface area contributed by atoms with Crippen LogP contribution >= 0.6 is 0 Å². The van der Waals surface area contributed by atoms with Gasteiger partial charge in [0.15, 0.2) is 21.5 Å². The first kappa shape index (κ1) is 16.3. The molecule has 1 aromatic carbocycles. The lowest BCUT2D eigenvalue weighted by atomic mass is 10.0. The van der Waals surface area contributed by atoms with Crippen LogP contribution in [0, 0.1) is 11.6 Å². The largest absolute Gasteiger partial charge is 0.313 e. The second kappa shape index (κ2) is 6.81. The molecule has 0 spiro atoms. The number of halogens is 2. The Bertz CT molecular complexity index is 579. The van der Waals surface area contributed by atoms with E-state index in [1.807, 2.05) is 4.90 Å². The van der Waals surface area contributed by atoms with Gasteiger partial charge in [0, 0.05) is 31.2 Å². The van der Waals surface area contributed by atoms with Crippen molar-refractivity contribution >= 4 is 9.84 Å². The lowest BCUT2D eigenvalue weighted by Gasteiger charge is -2.28. The van der Waals surface area contributed by atoms with Gasteiger partial charge in [-0.25, -0.2) is 17.2 Å². The molecule has 0 aliphatic carbocycles. The highest BCUT2D eigenvalue weighted by molar-refractivity contribution is 7.91. The molecule has 7 heteroatoms. The molecule has 1 unspecified atom stereocenters.